The summed E-state index contributed by atoms with van der Waals surface area (Å²) in [4.78, 5) is 22.7. The van der Waals surface area contributed by atoms with Crippen molar-refractivity contribution in [3.05, 3.63) is 48.0 Å². The number of hydrogen-bond acceptors (Lipinski definition) is 6. The Labute approximate surface area is 149 Å². The van der Waals surface area contributed by atoms with E-state index in [4.69, 9.17) is 14.2 Å². The number of nitrogens with one attached hydrogen (secondary N) is 2. The van der Waals surface area contributed by atoms with Gasteiger partial charge in [-0.05, 0) is 48.0 Å². The zero-order chi connectivity index (χ0) is 18.4. The first-order chi connectivity index (χ1) is 12.6. The highest BCUT2D eigenvalue weighted by molar-refractivity contribution is 5.88. The first kappa shape index (κ1) is 17.3. The van der Waals surface area contributed by atoms with Gasteiger partial charge < -0.3 is 19.5 Å². The average molecular weight is 355 g/mol. The summed E-state index contributed by atoms with van der Waals surface area (Å²) in [7, 11) is 0. The number of hydrazone groups is 1. The van der Waals surface area contributed by atoms with E-state index >= 15 is 0 Å². The molecule has 0 aromatic heterocycles. The minimum atomic E-state index is -0.395. The smallest absolute Gasteiger partial charge is 0.277 e. The zero-order valence-electron chi connectivity index (χ0n) is 14.0. The van der Waals surface area contributed by atoms with Gasteiger partial charge in [0.2, 0.25) is 12.7 Å². The number of carbonyl (C=O) groups excluding carboxylic acids is 2. The van der Waals surface area contributed by atoms with Crippen LogP contribution in [0.3, 0.4) is 0 Å². The second kappa shape index (κ2) is 8.02. The van der Waals surface area contributed by atoms with E-state index in [1.54, 1.807) is 42.5 Å². The first-order valence-electron chi connectivity index (χ1n) is 7.82. The number of ether oxygens (including phenoxy) is 3. The Morgan fingerprint density at radius 1 is 1.15 bits per heavy atom. The molecule has 8 nitrogen and oxygen atoms in total. The Morgan fingerprint density at radius 3 is 2.69 bits per heavy atom. The summed E-state index contributed by atoms with van der Waals surface area (Å²) in [5, 5.41) is 6.52. The molecule has 2 N–H and O–H groups in total. The monoisotopic (exact) mass is 355 g/mol. The predicted molar refractivity (Wildman–Crippen MR) is 94.5 cm³/mol. The SMILES string of the molecule is CC(=O)Nc1ccc(OCC(=O)N/N=C\c2ccc3c(c2)OCO3)cc1. The molecular formula is C18H17N3O5. The molecule has 2 aromatic carbocycles. The van der Waals surface area contributed by atoms with Gasteiger partial charge in [-0.1, -0.05) is 0 Å². The molecule has 0 unspecified atom stereocenters. The summed E-state index contributed by atoms with van der Waals surface area (Å²) < 4.78 is 15.8. The van der Waals surface area contributed by atoms with Crippen LogP contribution in [0, 0.1) is 0 Å². The van der Waals surface area contributed by atoms with Crippen molar-refractivity contribution in [1.29, 1.82) is 0 Å². The molecule has 2 amide bonds. The highest BCUT2D eigenvalue weighted by Crippen LogP contribution is 2.31. The molecule has 0 atom stereocenters. The Bertz CT molecular complexity index is 833. The van der Waals surface area contributed by atoms with Crippen LogP contribution in [0.5, 0.6) is 17.2 Å². The van der Waals surface area contributed by atoms with Crippen molar-refractivity contribution in [2.45, 2.75) is 6.92 Å². The fraction of sp³-hybridized carbons (Fsp3) is 0.167. The van der Waals surface area contributed by atoms with Gasteiger partial charge in [0.05, 0.1) is 6.21 Å². The molecule has 134 valence electrons. The quantitative estimate of drug-likeness (QED) is 0.609. The molecule has 0 saturated heterocycles. The predicted octanol–water partition coefficient (Wildman–Crippen LogP) is 1.90. The van der Waals surface area contributed by atoms with Crippen LogP contribution in [0.4, 0.5) is 5.69 Å². The molecule has 0 spiro atoms. The summed E-state index contributed by atoms with van der Waals surface area (Å²) in [6.07, 6.45) is 1.50. The lowest BCUT2D eigenvalue weighted by Gasteiger charge is -2.06. The van der Waals surface area contributed by atoms with Gasteiger partial charge in [-0.2, -0.15) is 5.10 Å². The molecule has 0 radical (unpaired) electrons. The van der Waals surface area contributed by atoms with Gasteiger partial charge in [0.25, 0.3) is 5.91 Å². The van der Waals surface area contributed by atoms with Crippen LogP contribution in [0.15, 0.2) is 47.6 Å². The van der Waals surface area contributed by atoms with Gasteiger partial charge in [0.15, 0.2) is 18.1 Å². The average Bonchev–Trinajstić information content (AvgIpc) is 3.08. The van der Waals surface area contributed by atoms with Crippen molar-refractivity contribution in [3.8, 4) is 17.2 Å². The first-order valence-corrected chi connectivity index (χ1v) is 7.82. The normalized spacial score (nSPS) is 12.0. The number of fused-ring (bicyclic) bond motifs is 1. The standard InChI is InChI=1S/C18H17N3O5/c1-12(22)20-14-3-5-15(6-4-14)24-10-18(23)21-19-9-13-2-7-16-17(8-13)26-11-25-16/h2-9H,10-11H2,1H3,(H,20,22)(H,21,23)/b19-9-. The molecule has 2 aromatic rings. The Kier molecular flexibility index (Phi) is 5.33. The van der Waals surface area contributed by atoms with Gasteiger partial charge in [-0.15, -0.1) is 0 Å². The minimum Gasteiger partial charge on any atom is -0.484 e. The van der Waals surface area contributed by atoms with Crippen LogP contribution in [0.1, 0.15) is 12.5 Å². The molecule has 0 fully saturated rings. The van der Waals surface area contributed by atoms with Gasteiger partial charge in [0.1, 0.15) is 5.75 Å². The van der Waals surface area contributed by atoms with E-state index < -0.39 is 5.91 Å². The van der Waals surface area contributed by atoms with Crippen molar-refractivity contribution in [2.24, 2.45) is 5.10 Å². The molecule has 1 heterocycles. The summed E-state index contributed by atoms with van der Waals surface area (Å²) in [5.41, 5.74) is 3.81. The van der Waals surface area contributed by atoms with Crippen LogP contribution in [-0.2, 0) is 9.59 Å². The van der Waals surface area contributed by atoms with Crippen LogP contribution in [0.2, 0.25) is 0 Å². The Hall–Kier alpha value is -3.55. The van der Waals surface area contributed by atoms with E-state index in [2.05, 4.69) is 15.8 Å². The van der Waals surface area contributed by atoms with Gasteiger partial charge in [-0.3, -0.25) is 9.59 Å². The molecule has 1 aliphatic rings. The summed E-state index contributed by atoms with van der Waals surface area (Å²) in [6.45, 7) is 1.45. The Balaban J connectivity index is 1.44. The number of nitrogens with zero attached hydrogens (tertiary/aromatic N) is 1. The van der Waals surface area contributed by atoms with E-state index in [0.717, 1.165) is 5.56 Å². The van der Waals surface area contributed by atoms with Crippen molar-refractivity contribution in [3.63, 3.8) is 0 Å². The number of rotatable bonds is 6. The van der Waals surface area contributed by atoms with E-state index in [1.165, 1.54) is 13.1 Å². The highest BCUT2D eigenvalue weighted by atomic mass is 16.7. The molecule has 0 saturated carbocycles. The maximum Gasteiger partial charge on any atom is 0.277 e. The molecule has 1 aliphatic heterocycles. The highest BCUT2D eigenvalue weighted by Gasteiger charge is 2.12. The molecule has 0 aliphatic carbocycles. The summed E-state index contributed by atoms with van der Waals surface area (Å²) >= 11 is 0. The van der Waals surface area contributed by atoms with E-state index in [-0.39, 0.29) is 19.3 Å². The lowest BCUT2D eigenvalue weighted by atomic mass is 10.2. The molecule has 8 heteroatoms. The van der Waals surface area contributed by atoms with Crippen molar-refractivity contribution in [2.75, 3.05) is 18.7 Å². The lowest BCUT2D eigenvalue weighted by Crippen LogP contribution is -2.24. The van der Waals surface area contributed by atoms with E-state index in [1.807, 2.05) is 0 Å². The van der Waals surface area contributed by atoms with Crippen molar-refractivity contribution in [1.82, 2.24) is 5.43 Å². The summed E-state index contributed by atoms with van der Waals surface area (Å²) in [6, 6.07) is 12.0. The number of hydrogen-bond donors (Lipinski definition) is 2. The van der Waals surface area contributed by atoms with E-state index in [9.17, 15) is 9.59 Å². The molecular weight excluding hydrogens is 338 g/mol. The minimum absolute atomic E-state index is 0.154. The fourth-order valence-corrected chi connectivity index (χ4v) is 2.19. The number of anilines is 1. The number of carbonyl (C=O) groups is 2. The third-order valence-corrected chi connectivity index (χ3v) is 3.34. The van der Waals surface area contributed by atoms with Gasteiger partial charge in [0, 0.05) is 12.6 Å². The number of benzene rings is 2. The number of amides is 2. The zero-order valence-corrected chi connectivity index (χ0v) is 14.0. The summed E-state index contributed by atoms with van der Waals surface area (Å²) in [5.74, 6) is 1.29. The second-order valence-electron chi connectivity index (χ2n) is 5.40. The van der Waals surface area contributed by atoms with Crippen molar-refractivity contribution < 1.29 is 23.8 Å². The molecule has 26 heavy (non-hydrogen) atoms. The van der Waals surface area contributed by atoms with Crippen molar-refractivity contribution >= 4 is 23.7 Å². The molecule has 0 bridgehead atoms. The van der Waals surface area contributed by atoms with E-state index in [0.29, 0.717) is 22.9 Å². The van der Waals surface area contributed by atoms with Gasteiger partial charge in [-0.25, -0.2) is 5.43 Å². The van der Waals surface area contributed by atoms with Gasteiger partial charge >= 0.3 is 0 Å². The maximum absolute atomic E-state index is 11.8. The Morgan fingerprint density at radius 2 is 1.92 bits per heavy atom. The lowest BCUT2D eigenvalue weighted by molar-refractivity contribution is -0.123. The third-order valence-electron chi connectivity index (χ3n) is 3.34. The van der Waals surface area contributed by atoms with Crippen LogP contribution in [-0.4, -0.2) is 31.4 Å². The van der Waals surface area contributed by atoms with Crippen LogP contribution in [0.25, 0.3) is 0 Å². The fourth-order valence-electron chi connectivity index (χ4n) is 2.19. The van der Waals surface area contributed by atoms with Crippen LogP contribution >= 0.6 is 0 Å². The third kappa shape index (κ3) is 4.73. The maximum atomic E-state index is 11.8. The topological polar surface area (TPSA) is 98.2 Å². The van der Waals surface area contributed by atoms with Crippen LogP contribution < -0.4 is 25.0 Å². The molecule has 3 rings (SSSR count). The largest absolute Gasteiger partial charge is 0.484 e. The second-order valence-corrected chi connectivity index (χ2v) is 5.40.